The smallest absolute Gasteiger partial charge is 0.254 e. The van der Waals surface area contributed by atoms with Crippen molar-refractivity contribution in [3.8, 4) is 6.07 Å². The van der Waals surface area contributed by atoms with E-state index in [1.807, 2.05) is 6.92 Å². The number of amides is 1. The monoisotopic (exact) mass is 271 g/mol. The second-order valence-electron chi connectivity index (χ2n) is 5.55. The second-order valence-corrected chi connectivity index (χ2v) is 5.55. The lowest BCUT2D eigenvalue weighted by molar-refractivity contribution is 0.0906. The standard InChI is InChI=1S/C16H21N3O/c1-13-14(8-7-11-18-13)15(20)19-16(12-17)9-5-3-2-4-6-10-16/h7-8,11H,2-6,9-10H2,1H3,(H,19,20). The van der Waals surface area contributed by atoms with Gasteiger partial charge in [-0.25, -0.2) is 0 Å². The highest BCUT2D eigenvalue weighted by molar-refractivity contribution is 5.95. The summed E-state index contributed by atoms with van der Waals surface area (Å²) in [4.78, 5) is 16.5. The predicted octanol–water partition coefficient (Wildman–Crippen LogP) is 3.13. The summed E-state index contributed by atoms with van der Waals surface area (Å²) < 4.78 is 0. The lowest BCUT2D eigenvalue weighted by Gasteiger charge is -2.29. The van der Waals surface area contributed by atoms with Crippen molar-refractivity contribution in [1.29, 1.82) is 5.26 Å². The van der Waals surface area contributed by atoms with Crippen molar-refractivity contribution < 1.29 is 4.79 Å². The Kier molecular flexibility index (Phi) is 4.73. The Morgan fingerprint density at radius 2 is 1.95 bits per heavy atom. The lowest BCUT2D eigenvalue weighted by Crippen LogP contribution is -2.48. The van der Waals surface area contributed by atoms with Gasteiger partial charge in [0.15, 0.2) is 0 Å². The highest BCUT2D eigenvalue weighted by Crippen LogP contribution is 2.26. The van der Waals surface area contributed by atoms with E-state index in [0.717, 1.165) is 38.5 Å². The first-order chi connectivity index (χ1) is 9.67. The molecule has 0 radical (unpaired) electrons. The Morgan fingerprint density at radius 1 is 1.30 bits per heavy atom. The number of nitriles is 1. The van der Waals surface area contributed by atoms with Crippen LogP contribution in [0.3, 0.4) is 0 Å². The Labute approximate surface area is 120 Å². The van der Waals surface area contributed by atoms with Gasteiger partial charge in [-0.05, 0) is 31.9 Å². The van der Waals surface area contributed by atoms with Gasteiger partial charge < -0.3 is 5.32 Å². The van der Waals surface area contributed by atoms with Crippen molar-refractivity contribution in [2.45, 2.75) is 57.4 Å². The summed E-state index contributed by atoms with van der Waals surface area (Å²) in [5, 5.41) is 12.5. The van der Waals surface area contributed by atoms with Gasteiger partial charge >= 0.3 is 0 Å². The molecule has 2 rings (SSSR count). The lowest BCUT2D eigenvalue weighted by atomic mass is 9.85. The summed E-state index contributed by atoms with van der Waals surface area (Å²) >= 11 is 0. The summed E-state index contributed by atoms with van der Waals surface area (Å²) in [5.41, 5.74) is 0.549. The Morgan fingerprint density at radius 3 is 2.55 bits per heavy atom. The molecular weight excluding hydrogens is 250 g/mol. The number of aryl methyl sites for hydroxylation is 1. The number of pyridine rings is 1. The Hall–Kier alpha value is -1.89. The third kappa shape index (κ3) is 3.36. The van der Waals surface area contributed by atoms with E-state index >= 15 is 0 Å². The van der Waals surface area contributed by atoms with Crippen LogP contribution in [0.5, 0.6) is 0 Å². The highest BCUT2D eigenvalue weighted by Gasteiger charge is 2.32. The third-order valence-electron chi connectivity index (χ3n) is 4.03. The van der Waals surface area contributed by atoms with Crippen molar-refractivity contribution >= 4 is 5.91 Å². The topological polar surface area (TPSA) is 65.8 Å². The Balaban J connectivity index is 2.14. The molecule has 20 heavy (non-hydrogen) atoms. The van der Waals surface area contributed by atoms with Crippen LogP contribution >= 0.6 is 0 Å². The van der Waals surface area contributed by atoms with Gasteiger partial charge in [0.2, 0.25) is 0 Å². The summed E-state index contributed by atoms with van der Waals surface area (Å²) in [5.74, 6) is -0.183. The van der Waals surface area contributed by atoms with Crippen LogP contribution in [0.4, 0.5) is 0 Å². The summed E-state index contributed by atoms with van der Waals surface area (Å²) in [6, 6.07) is 5.86. The van der Waals surface area contributed by atoms with Gasteiger partial charge in [-0.1, -0.05) is 32.1 Å². The van der Waals surface area contributed by atoms with Gasteiger partial charge in [0.05, 0.1) is 11.6 Å². The van der Waals surface area contributed by atoms with Crippen molar-refractivity contribution in [3.63, 3.8) is 0 Å². The molecule has 0 aliphatic heterocycles. The quantitative estimate of drug-likeness (QED) is 0.898. The van der Waals surface area contributed by atoms with E-state index in [0.29, 0.717) is 11.3 Å². The summed E-state index contributed by atoms with van der Waals surface area (Å²) in [7, 11) is 0. The number of rotatable bonds is 2. The maximum atomic E-state index is 12.4. The molecule has 1 heterocycles. The van der Waals surface area contributed by atoms with E-state index < -0.39 is 5.54 Å². The molecule has 1 N–H and O–H groups in total. The first-order valence-electron chi connectivity index (χ1n) is 7.32. The summed E-state index contributed by atoms with van der Waals surface area (Å²) in [6.07, 6.45) is 8.68. The molecule has 1 amide bonds. The molecule has 1 fully saturated rings. The fraction of sp³-hybridized carbons (Fsp3) is 0.562. The van der Waals surface area contributed by atoms with Crippen LogP contribution in [0.1, 0.15) is 61.0 Å². The van der Waals surface area contributed by atoms with Crippen LogP contribution in [-0.4, -0.2) is 16.4 Å². The maximum absolute atomic E-state index is 12.4. The van der Waals surface area contributed by atoms with Crippen LogP contribution < -0.4 is 5.32 Å². The molecule has 4 nitrogen and oxygen atoms in total. The fourth-order valence-corrected chi connectivity index (χ4v) is 2.78. The molecule has 0 spiro atoms. The zero-order chi connectivity index (χ0) is 14.4. The minimum atomic E-state index is -0.709. The maximum Gasteiger partial charge on any atom is 0.254 e. The Bertz CT molecular complexity index is 511. The van der Waals surface area contributed by atoms with Gasteiger partial charge in [-0.3, -0.25) is 9.78 Å². The number of hydrogen-bond acceptors (Lipinski definition) is 3. The van der Waals surface area contributed by atoms with Crippen molar-refractivity contribution in [2.24, 2.45) is 0 Å². The van der Waals surface area contributed by atoms with E-state index in [4.69, 9.17) is 0 Å². The van der Waals surface area contributed by atoms with E-state index in [1.165, 1.54) is 6.42 Å². The largest absolute Gasteiger partial charge is 0.334 e. The molecule has 1 aliphatic carbocycles. The van der Waals surface area contributed by atoms with Crippen LogP contribution in [0, 0.1) is 18.3 Å². The van der Waals surface area contributed by atoms with Crippen LogP contribution in [0.25, 0.3) is 0 Å². The first kappa shape index (κ1) is 14.5. The fourth-order valence-electron chi connectivity index (χ4n) is 2.78. The van der Waals surface area contributed by atoms with E-state index in [9.17, 15) is 10.1 Å². The molecule has 0 bridgehead atoms. The third-order valence-corrected chi connectivity index (χ3v) is 4.03. The molecule has 0 atom stereocenters. The SMILES string of the molecule is Cc1ncccc1C(=O)NC1(C#N)CCCCCCC1. The number of nitrogens with one attached hydrogen (secondary N) is 1. The van der Waals surface area contributed by atoms with Crippen LogP contribution in [0.15, 0.2) is 18.3 Å². The number of aromatic nitrogens is 1. The van der Waals surface area contributed by atoms with E-state index in [1.54, 1.807) is 18.3 Å². The number of hydrogen-bond donors (Lipinski definition) is 1. The number of carbonyl (C=O) groups is 1. The zero-order valence-corrected chi connectivity index (χ0v) is 12.0. The minimum absolute atomic E-state index is 0.183. The molecule has 1 aromatic rings. The molecule has 0 aromatic carbocycles. The van der Waals surface area contributed by atoms with Crippen molar-refractivity contribution in [3.05, 3.63) is 29.6 Å². The number of carbonyl (C=O) groups excluding carboxylic acids is 1. The molecule has 4 heteroatoms. The molecule has 1 saturated carbocycles. The van der Waals surface area contributed by atoms with E-state index in [2.05, 4.69) is 16.4 Å². The molecular formula is C16H21N3O. The first-order valence-corrected chi connectivity index (χ1v) is 7.32. The van der Waals surface area contributed by atoms with Gasteiger partial charge in [0.25, 0.3) is 5.91 Å². The zero-order valence-electron chi connectivity index (χ0n) is 12.0. The van der Waals surface area contributed by atoms with Crippen LogP contribution in [0.2, 0.25) is 0 Å². The van der Waals surface area contributed by atoms with Crippen molar-refractivity contribution in [1.82, 2.24) is 10.3 Å². The second kappa shape index (κ2) is 6.51. The minimum Gasteiger partial charge on any atom is -0.334 e. The molecule has 1 aliphatic rings. The van der Waals surface area contributed by atoms with Gasteiger partial charge in [-0.15, -0.1) is 0 Å². The average Bonchev–Trinajstić information content (AvgIpc) is 2.42. The van der Waals surface area contributed by atoms with Crippen LogP contribution in [-0.2, 0) is 0 Å². The average molecular weight is 271 g/mol. The number of nitrogens with zero attached hydrogens (tertiary/aromatic N) is 2. The predicted molar refractivity (Wildman–Crippen MR) is 77.1 cm³/mol. The molecule has 0 unspecified atom stereocenters. The van der Waals surface area contributed by atoms with Gasteiger partial charge in [0.1, 0.15) is 5.54 Å². The summed E-state index contributed by atoms with van der Waals surface area (Å²) in [6.45, 7) is 1.81. The van der Waals surface area contributed by atoms with Crippen molar-refractivity contribution in [2.75, 3.05) is 0 Å². The van der Waals surface area contributed by atoms with Gasteiger partial charge in [-0.2, -0.15) is 5.26 Å². The van der Waals surface area contributed by atoms with Gasteiger partial charge in [0, 0.05) is 11.9 Å². The highest BCUT2D eigenvalue weighted by atomic mass is 16.1. The molecule has 1 aromatic heterocycles. The molecule has 0 saturated heterocycles. The normalized spacial score (nSPS) is 18.4. The van der Waals surface area contributed by atoms with E-state index in [-0.39, 0.29) is 5.91 Å². The molecule has 106 valence electrons.